The van der Waals surface area contributed by atoms with Crippen molar-refractivity contribution in [2.24, 2.45) is 22.6 Å². The van der Waals surface area contributed by atoms with Crippen LogP contribution >= 0.6 is 0 Å². The summed E-state index contributed by atoms with van der Waals surface area (Å²) < 4.78 is 0. The topological polar surface area (TPSA) is 41.6 Å². The summed E-state index contributed by atoms with van der Waals surface area (Å²) in [4.78, 5) is 6.45. The van der Waals surface area contributed by atoms with Crippen LogP contribution in [0.25, 0.3) is 0 Å². The molecule has 0 aromatic rings. The molecule has 2 N–H and O–H groups in total. The van der Waals surface area contributed by atoms with Gasteiger partial charge in [-0.3, -0.25) is 4.99 Å². The SMILES string of the molecule is CCN=C(N)N1CC(C)CC(C)C1. The van der Waals surface area contributed by atoms with Gasteiger partial charge >= 0.3 is 0 Å². The van der Waals surface area contributed by atoms with E-state index < -0.39 is 0 Å². The van der Waals surface area contributed by atoms with Crippen molar-refractivity contribution in [1.82, 2.24) is 4.90 Å². The Morgan fingerprint density at radius 2 is 1.92 bits per heavy atom. The maximum absolute atomic E-state index is 5.86. The summed E-state index contributed by atoms with van der Waals surface area (Å²) in [6.45, 7) is 9.50. The predicted octanol–water partition coefficient (Wildman–Crippen LogP) is 1.30. The first-order valence-electron chi connectivity index (χ1n) is 5.18. The molecule has 3 nitrogen and oxygen atoms in total. The summed E-state index contributed by atoms with van der Waals surface area (Å²) >= 11 is 0. The Kier molecular flexibility index (Phi) is 3.58. The number of nitrogens with zero attached hydrogens (tertiary/aromatic N) is 2. The highest BCUT2D eigenvalue weighted by Gasteiger charge is 2.22. The lowest BCUT2D eigenvalue weighted by atomic mass is 9.92. The Balaban J connectivity index is 2.54. The first-order valence-corrected chi connectivity index (χ1v) is 5.18. The maximum Gasteiger partial charge on any atom is 0.191 e. The quantitative estimate of drug-likeness (QED) is 0.492. The van der Waals surface area contributed by atoms with Crippen LogP contribution in [0.5, 0.6) is 0 Å². The lowest BCUT2D eigenvalue weighted by Gasteiger charge is -2.35. The second-order valence-corrected chi connectivity index (χ2v) is 4.18. The molecule has 1 aliphatic rings. The molecule has 13 heavy (non-hydrogen) atoms. The third-order valence-corrected chi connectivity index (χ3v) is 2.51. The fourth-order valence-corrected chi connectivity index (χ4v) is 2.11. The van der Waals surface area contributed by atoms with E-state index >= 15 is 0 Å². The summed E-state index contributed by atoms with van der Waals surface area (Å²) in [6.07, 6.45) is 1.32. The van der Waals surface area contributed by atoms with Crippen molar-refractivity contribution < 1.29 is 0 Å². The zero-order valence-electron chi connectivity index (χ0n) is 8.95. The summed E-state index contributed by atoms with van der Waals surface area (Å²) in [5.74, 6) is 2.21. The van der Waals surface area contributed by atoms with Crippen LogP contribution in [0.4, 0.5) is 0 Å². The van der Waals surface area contributed by atoms with Gasteiger partial charge in [-0.1, -0.05) is 13.8 Å². The molecule has 0 aliphatic carbocycles. The van der Waals surface area contributed by atoms with E-state index in [1.165, 1.54) is 6.42 Å². The van der Waals surface area contributed by atoms with Crippen LogP contribution in [0.15, 0.2) is 4.99 Å². The van der Waals surface area contributed by atoms with E-state index in [4.69, 9.17) is 5.73 Å². The third kappa shape index (κ3) is 2.90. The second kappa shape index (κ2) is 4.49. The summed E-state index contributed by atoms with van der Waals surface area (Å²) in [5.41, 5.74) is 5.86. The molecule has 1 fully saturated rings. The second-order valence-electron chi connectivity index (χ2n) is 4.18. The van der Waals surface area contributed by atoms with Crippen LogP contribution in [-0.4, -0.2) is 30.5 Å². The van der Waals surface area contributed by atoms with Crippen LogP contribution < -0.4 is 5.73 Å². The van der Waals surface area contributed by atoms with Crippen LogP contribution in [0.1, 0.15) is 27.2 Å². The summed E-state index contributed by atoms with van der Waals surface area (Å²) in [6, 6.07) is 0. The number of hydrogen-bond donors (Lipinski definition) is 1. The van der Waals surface area contributed by atoms with Crippen LogP contribution in [0.3, 0.4) is 0 Å². The van der Waals surface area contributed by atoms with Gasteiger partial charge in [-0.25, -0.2) is 0 Å². The molecule has 1 saturated heterocycles. The van der Waals surface area contributed by atoms with E-state index in [2.05, 4.69) is 23.7 Å². The highest BCUT2D eigenvalue weighted by atomic mass is 15.3. The van der Waals surface area contributed by atoms with Crippen molar-refractivity contribution >= 4 is 5.96 Å². The molecule has 1 rings (SSSR count). The summed E-state index contributed by atoms with van der Waals surface area (Å²) in [7, 11) is 0. The Morgan fingerprint density at radius 1 is 1.38 bits per heavy atom. The summed E-state index contributed by atoms with van der Waals surface area (Å²) in [5, 5.41) is 0. The third-order valence-electron chi connectivity index (χ3n) is 2.51. The van der Waals surface area contributed by atoms with Gasteiger partial charge in [0.15, 0.2) is 5.96 Å². The van der Waals surface area contributed by atoms with E-state index in [1.807, 2.05) is 6.92 Å². The van der Waals surface area contributed by atoms with E-state index in [1.54, 1.807) is 0 Å². The number of guanidine groups is 1. The van der Waals surface area contributed by atoms with Crippen LogP contribution in [0, 0.1) is 11.8 Å². The van der Waals surface area contributed by atoms with E-state index in [-0.39, 0.29) is 0 Å². The minimum Gasteiger partial charge on any atom is -0.370 e. The predicted molar refractivity (Wildman–Crippen MR) is 56.7 cm³/mol. The van der Waals surface area contributed by atoms with Crippen LogP contribution in [0.2, 0.25) is 0 Å². The zero-order chi connectivity index (χ0) is 9.84. The van der Waals surface area contributed by atoms with Gasteiger partial charge in [-0.05, 0) is 25.2 Å². The van der Waals surface area contributed by atoms with Crippen molar-refractivity contribution in [3.63, 3.8) is 0 Å². The molecule has 0 saturated carbocycles. The Labute approximate surface area is 81.0 Å². The molecule has 1 heterocycles. The standard InChI is InChI=1S/C10H21N3/c1-4-12-10(11)13-6-8(2)5-9(3)7-13/h8-9H,4-7H2,1-3H3,(H2,11,12). The van der Waals surface area contributed by atoms with Gasteiger partial charge in [-0.15, -0.1) is 0 Å². The van der Waals surface area contributed by atoms with Gasteiger partial charge in [-0.2, -0.15) is 0 Å². The van der Waals surface area contributed by atoms with Crippen LogP contribution in [-0.2, 0) is 0 Å². The number of hydrogen-bond acceptors (Lipinski definition) is 1. The molecule has 1 aliphatic heterocycles. The Morgan fingerprint density at radius 3 is 2.38 bits per heavy atom. The van der Waals surface area contributed by atoms with Crippen molar-refractivity contribution in [3.05, 3.63) is 0 Å². The van der Waals surface area contributed by atoms with Gasteiger partial charge in [0, 0.05) is 19.6 Å². The molecule has 3 heteroatoms. The van der Waals surface area contributed by atoms with Gasteiger partial charge in [0.2, 0.25) is 0 Å². The monoisotopic (exact) mass is 183 g/mol. The molecular formula is C10H21N3. The first kappa shape index (κ1) is 10.4. The molecule has 0 bridgehead atoms. The van der Waals surface area contributed by atoms with Gasteiger partial charge < -0.3 is 10.6 Å². The highest BCUT2D eigenvalue weighted by Crippen LogP contribution is 2.20. The highest BCUT2D eigenvalue weighted by molar-refractivity contribution is 5.78. The molecule has 2 atom stereocenters. The average Bonchev–Trinajstić information content (AvgIpc) is 2.03. The molecule has 0 radical (unpaired) electrons. The number of nitrogens with two attached hydrogens (primary N) is 1. The number of likely N-dealkylation sites (tertiary alicyclic amines) is 1. The number of rotatable bonds is 1. The molecule has 76 valence electrons. The lowest BCUT2D eigenvalue weighted by Crippen LogP contribution is -2.46. The molecule has 2 unspecified atom stereocenters. The Hall–Kier alpha value is -0.730. The van der Waals surface area contributed by atoms with Crippen molar-refractivity contribution in [2.75, 3.05) is 19.6 Å². The van der Waals surface area contributed by atoms with Gasteiger partial charge in [0.05, 0.1) is 0 Å². The minimum absolute atomic E-state index is 0.723. The van der Waals surface area contributed by atoms with Gasteiger partial charge in [0.25, 0.3) is 0 Å². The normalized spacial score (nSPS) is 30.7. The van der Waals surface area contributed by atoms with E-state index in [0.717, 1.165) is 37.4 Å². The van der Waals surface area contributed by atoms with E-state index in [9.17, 15) is 0 Å². The molecule has 0 aromatic carbocycles. The van der Waals surface area contributed by atoms with Crippen molar-refractivity contribution in [2.45, 2.75) is 27.2 Å². The lowest BCUT2D eigenvalue weighted by molar-refractivity contribution is 0.211. The smallest absolute Gasteiger partial charge is 0.191 e. The number of piperidine rings is 1. The minimum atomic E-state index is 0.723. The Bertz CT molecular complexity index is 179. The average molecular weight is 183 g/mol. The fraction of sp³-hybridized carbons (Fsp3) is 0.900. The molecule has 0 amide bonds. The zero-order valence-corrected chi connectivity index (χ0v) is 8.95. The maximum atomic E-state index is 5.86. The number of aliphatic imine (C=N–C) groups is 1. The molecule has 0 spiro atoms. The fourth-order valence-electron chi connectivity index (χ4n) is 2.11. The van der Waals surface area contributed by atoms with E-state index in [0.29, 0.717) is 0 Å². The molecule has 0 aromatic heterocycles. The van der Waals surface area contributed by atoms with Crippen molar-refractivity contribution in [1.29, 1.82) is 0 Å². The van der Waals surface area contributed by atoms with Crippen molar-refractivity contribution in [3.8, 4) is 0 Å². The largest absolute Gasteiger partial charge is 0.370 e. The van der Waals surface area contributed by atoms with Gasteiger partial charge in [0.1, 0.15) is 0 Å². The first-order chi connectivity index (χ1) is 6.13. The molecular weight excluding hydrogens is 162 g/mol.